The van der Waals surface area contributed by atoms with Gasteiger partial charge in [-0.25, -0.2) is 4.98 Å². The molecule has 1 saturated heterocycles. The summed E-state index contributed by atoms with van der Waals surface area (Å²) >= 11 is 1.37. The average Bonchev–Trinajstić information content (AvgIpc) is 3.20. The Labute approximate surface area is 202 Å². The van der Waals surface area contributed by atoms with Crippen molar-refractivity contribution in [1.29, 1.82) is 0 Å². The van der Waals surface area contributed by atoms with Gasteiger partial charge in [-0.3, -0.25) is 9.59 Å². The summed E-state index contributed by atoms with van der Waals surface area (Å²) < 4.78 is 0. The summed E-state index contributed by atoms with van der Waals surface area (Å²) in [5.41, 5.74) is 11.8. The number of hydrogen-bond donors (Lipinski definition) is 1. The van der Waals surface area contributed by atoms with Crippen molar-refractivity contribution >= 4 is 44.6 Å². The molecular formula is C27H26N4O2S. The zero-order chi connectivity index (χ0) is 23.8. The van der Waals surface area contributed by atoms with Crippen LogP contribution in [0.25, 0.3) is 21.5 Å². The van der Waals surface area contributed by atoms with Gasteiger partial charge in [-0.2, -0.15) is 0 Å². The molecule has 0 saturated carbocycles. The number of fused-ring (bicyclic) bond motifs is 1. The molecular weight excluding hydrogens is 444 g/mol. The fraction of sp³-hybridized carbons (Fsp3) is 0.222. The molecule has 5 rings (SSSR count). The molecule has 7 heteroatoms. The van der Waals surface area contributed by atoms with Crippen molar-refractivity contribution in [1.82, 2.24) is 9.88 Å². The molecule has 2 aromatic carbocycles. The van der Waals surface area contributed by atoms with E-state index in [0.717, 1.165) is 40.3 Å². The van der Waals surface area contributed by atoms with E-state index in [9.17, 15) is 9.59 Å². The van der Waals surface area contributed by atoms with Gasteiger partial charge in [-0.05, 0) is 50.2 Å². The van der Waals surface area contributed by atoms with E-state index < -0.39 is 0 Å². The third-order valence-electron chi connectivity index (χ3n) is 6.34. The number of carbonyl (C=O) groups excluding carboxylic acids is 2. The number of pyridine rings is 1. The van der Waals surface area contributed by atoms with Crippen molar-refractivity contribution in [3.8, 4) is 11.3 Å². The van der Waals surface area contributed by atoms with Crippen LogP contribution in [0.15, 0.2) is 60.7 Å². The summed E-state index contributed by atoms with van der Waals surface area (Å²) in [4.78, 5) is 35.1. The molecule has 1 aliphatic heterocycles. The standard InChI is InChI=1S/C27H26N4O2S/c1-17-3-5-20(6-4-17)23-12-11-22-24(28)25(34-26(22)29-23)27(33)31-15-13-30(14-16-31)21-9-7-19(8-10-21)18(2)32/h3-12H,13-16,28H2,1-2H3. The molecule has 1 fully saturated rings. The summed E-state index contributed by atoms with van der Waals surface area (Å²) in [6.07, 6.45) is 0. The first-order chi connectivity index (χ1) is 16.4. The number of piperazine rings is 1. The number of Topliss-reactive ketones (excluding diaryl/α,β-unsaturated/α-hetero) is 1. The molecule has 6 nitrogen and oxygen atoms in total. The molecule has 0 aliphatic carbocycles. The second-order valence-corrected chi connectivity index (χ2v) is 9.64. The minimum absolute atomic E-state index is 0.0380. The van der Waals surface area contributed by atoms with Gasteiger partial charge in [0.2, 0.25) is 0 Å². The van der Waals surface area contributed by atoms with Gasteiger partial charge in [0.1, 0.15) is 9.71 Å². The van der Waals surface area contributed by atoms with Crippen molar-refractivity contribution in [3.05, 3.63) is 76.7 Å². The fourth-order valence-electron chi connectivity index (χ4n) is 4.26. The molecule has 34 heavy (non-hydrogen) atoms. The number of amides is 1. The number of thiophene rings is 1. The van der Waals surface area contributed by atoms with Crippen molar-refractivity contribution in [3.63, 3.8) is 0 Å². The maximum Gasteiger partial charge on any atom is 0.266 e. The molecule has 1 amide bonds. The number of carbonyl (C=O) groups is 2. The van der Waals surface area contributed by atoms with E-state index >= 15 is 0 Å². The van der Waals surface area contributed by atoms with E-state index in [1.54, 1.807) is 6.92 Å². The largest absolute Gasteiger partial charge is 0.397 e. The van der Waals surface area contributed by atoms with Gasteiger partial charge >= 0.3 is 0 Å². The number of nitrogen functional groups attached to an aromatic ring is 1. The summed E-state index contributed by atoms with van der Waals surface area (Å²) in [5.74, 6) is 0.0207. The lowest BCUT2D eigenvalue weighted by atomic mass is 10.1. The molecule has 0 atom stereocenters. The first kappa shape index (κ1) is 22.1. The van der Waals surface area contributed by atoms with Gasteiger partial charge in [-0.15, -0.1) is 11.3 Å². The van der Waals surface area contributed by atoms with Gasteiger partial charge < -0.3 is 15.5 Å². The monoisotopic (exact) mass is 470 g/mol. The second-order valence-electron chi connectivity index (χ2n) is 8.64. The van der Waals surface area contributed by atoms with E-state index in [0.29, 0.717) is 29.2 Å². The van der Waals surface area contributed by atoms with Crippen molar-refractivity contribution < 1.29 is 9.59 Å². The number of aryl methyl sites for hydroxylation is 1. The highest BCUT2D eigenvalue weighted by Gasteiger charge is 2.26. The first-order valence-corrected chi connectivity index (χ1v) is 12.1. The SMILES string of the molecule is CC(=O)c1ccc(N2CCN(C(=O)c3sc4nc(-c5ccc(C)cc5)ccc4c3N)CC2)cc1. The Morgan fingerprint density at radius 3 is 2.24 bits per heavy atom. The minimum Gasteiger partial charge on any atom is -0.397 e. The minimum atomic E-state index is -0.0380. The molecule has 2 aromatic heterocycles. The van der Waals surface area contributed by atoms with Crippen molar-refractivity contribution in [2.45, 2.75) is 13.8 Å². The Balaban J connectivity index is 1.32. The number of nitrogens with zero attached hydrogens (tertiary/aromatic N) is 3. The molecule has 0 spiro atoms. The molecule has 172 valence electrons. The summed E-state index contributed by atoms with van der Waals surface area (Å²) in [6.45, 7) is 6.31. The third-order valence-corrected chi connectivity index (χ3v) is 7.44. The Morgan fingerprint density at radius 1 is 0.912 bits per heavy atom. The summed E-state index contributed by atoms with van der Waals surface area (Å²) in [5, 5.41) is 0.827. The normalized spacial score (nSPS) is 13.9. The second kappa shape index (κ2) is 8.91. The number of ketones is 1. The highest BCUT2D eigenvalue weighted by molar-refractivity contribution is 7.21. The predicted molar refractivity (Wildman–Crippen MR) is 139 cm³/mol. The number of nitrogens with two attached hydrogens (primary N) is 1. The maximum absolute atomic E-state index is 13.3. The highest BCUT2D eigenvalue weighted by Crippen LogP contribution is 2.35. The number of hydrogen-bond acceptors (Lipinski definition) is 6. The Kier molecular flexibility index (Phi) is 5.79. The van der Waals surface area contributed by atoms with E-state index in [4.69, 9.17) is 10.7 Å². The lowest BCUT2D eigenvalue weighted by molar-refractivity contribution is 0.0752. The van der Waals surface area contributed by atoms with Crippen LogP contribution in [0.3, 0.4) is 0 Å². The summed E-state index contributed by atoms with van der Waals surface area (Å²) in [6, 6.07) is 19.8. The van der Waals surface area contributed by atoms with Crippen LogP contribution in [-0.4, -0.2) is 47.8 Å². The van der Waals surface area contributed by atoms with Crippen LogP contribution in [0.1, 0.15) is 32.5 Å². The Bertz CT molecular complexity index is 1370. The highest BCUT2D eigenvalue weighted by atomic mass is 32.1. The van der Waals surface area contributed by atoms with Gasteiger partial charge in [0.15, 0.2) is 5.78 Å². The Hall–Kier alpha value is -3.71. The smallest absolute Gasteiger partial charge is 0.266 e. The van der Waals surface area contributed by atoms with Crippen LogP contribution >= 0.6 is 11.3 Å². The van der Waals surface area contributed by atoms with Crippen LogP contribution in [0.4, 0.5) is 11.4 Å². The van der Waals surface area contributed by atoms with Gasteiger partial charge in [0, 0.05) is 48.4 Å². The fourth-order valence-corrected chi connectivity index (χ4v) is 5.32. The van der Waals surface area contributed by atoms with Crippen LogP contribution in [-0.2, 0) is 0 Å². The maximum atomic E-state index is 13.3. The molecule has 4 aromatic rings. The van der Waals surface area contributed by atoms with E-state index in [2.05, 4.69) is 36.1 Å². The molecule has 1 aliphatic rings. The van der Waals surface area contributed by atoms with Gasteiger partial charge in [0.05, 0.1) is 11.4 Å². The zero-order valence-corrected chi connectivity index (χ0v) is 20.1. The van der Waals surface area contributed by atoms with Crippen molar-refractivity contribution in [2.24, 2.45) is 0 Å². The van der Waals surface area contributed by atoms with E-state index in [-0.39, 0.29) is 11.7 Å². The molecule has 0 bridgehead atoms. The first-order valence-electron chi connectivity index (χ1n) is 11.3. The van der Waals surface area contributed by atoms with E-state index in [1.807, 2.05) is 41.3 Å². The number of rotatable bonds is 4. The average molecular weight is 471 g/mol. The van der Waals surface area contributed by atoms with Crippen LogP contribution < -0.4 is 10.6 Å². The van der Waals surface area contributed by atoms with Gasteiger partial charge in [-0.1, -0.05) is 29.8 Å². The topological polar surface area (TPSA) is 79.5 Å². The summed E-state index contributed by atoms with van der Waals surface area (Å²) in [7, 11) is 0. The number of aromatic nitrogens is 1. The molecule has 0 unspecified atom stereocenters. The number of anilines is 2. The van der Waals surface area contributed by atoms with Crippen LogP contribution in [0.5, 0.6) is 0 Å². The zero-order valence-electron chi connectivity index (χ0n) is 19.2. The van der Waals surface area contributed by atoms with Crippen molar-refractivity contribution in [2.75, 3.05) is 36.8 Å². The quantitative estimate of drug-likeness (QED) is 0.424. The third kappa shape index (κ3) is 4.15. The molecule has 3 heterocycles. The van der Waals surface area contributed by atoms with Crippen LogP contribution in [0.2, 0.25) is 0 Å². The van der Waals surface area contributed by atoms with Gasteiger partial charge in [0.25, 0.3) is 5.91 Å². The number of benzene rings is 2. The lowest BCUT2D eigenvalue weighted by Gasteiger charge is -2.36. The predicted octanol–water partition coefficient (Wildman–Crippen LogP) is 5.02. The van der Waals surface area contributed by atoms with Crippen LogP contribution in [0, 0.1) is 6.92 Å². The lowest BCUT2D eigenvalue weighted by Crippen LogP contribution is -2.48. The van der Waals surface area contributed by atoms with E-state index in [1.165, 1.54) is 16.9 Å². The molecule has 0 radical (unpaired) electrons. The Morgan fingerprint density at radius 2 is 1.59 bits per heavy atom. The molecule has 2 N–H and O–H groups in total.